The molecule has 154 valence electrons. The Morgan fingerprint density at radius 3 is 2.59 bits per heavy atom. The lowest BCUT2D eigenvalue weighted by atomic mass is 10.1. The first-order chi connectivity index (χ1) is 13.5. The highest BCUT2D eigenvalue weighted by molar-refractivity contribution is 5.96. The number of carbonyl (C=O) groups is 1. The van der Waals surface area contributed by atoms with Crippen molar-refractivity contribution >= 4 is 18.2 Å². The van der Waals surface area contributed by atoms with E-state index in [1.165, 1.54) is 13.3 Å². The fourth-order valence-corrected chi connectivity index (χ4v) is 2.75. The van der Waals surface area contributed by atoms with Gasteiger partial charge in [0.15, 0.2) is 5.78 Å². The minimum atomic E-state index is -0.706. The highest BCUT2D eigenvalue weighted by Crippen LogP contribution is 2.19. The van der Waals surface area contributed by atoms with Crippen molar-refractivity contribution < 1.29 is 14.6 Å². The second-order valence-corrected chi connectivity index (χ2v) is 6.49. The summed E-state index contributed by atoms with van der Waals surface area (Å²) in [5.41, 5.74) is 2.46. The van der Waals surface area contributed by atoms with Crippen LogP contribution in [0.3, 0.4) is 0 Å². The van der Waals surface area contributed by atoms with Crippen molar-refractivity contribution in [3.05, 3.63) is 66.0 Å². The van der Waals surface area contributed by atoms with Crippen LogP contribution in [0.5, 0.6) is 5.75 Å². The minimum Gasteiger partial charge on any atom is -0.490 e. The van der Waals surface area contributed by atoms with Crippen LogP contribution in [0.25, 0.3) is 5.69 Å². The Labute approximate surface area is 175 Å². The summed E-state index contributed by atoms with van der Waals surface area (Å²) >= 11 is 0. The number of aliphatic hydroxyl groups is 1. The average molecular weight is 418 g/mol. The molecule has 0 fully saturated rings. The number of rotatable bonds is 9. The molecule has 2 aromatic carbocycles. The van der Waals surface area contributed by atoms with Crippen molar-refractivity contribution in [2.45, 2.75) is 26.0 Å². The second kappa shape index (κ2) is 10.7. The molecule has 8 nitrogen and oxygen atoms in total. The van der Waals surface area contributed by atoms with Gasteiger partial charge in [0, 0.05) is 12.6 Å². The Kier molecular flexibility index (Phi) is 8.26. The number of aliphatic hydroxyl groups excluding tert-OH is 1. The monoisotopic (exact) mass is 417 g/mol. The van der Waals surface area contributed by atoms with Crippen LogP contribution in [0.2, 0.25) is 0 Å². The summed E-state index contributed by atoms with van der Waals surface area (Å²) in [5, 5.41) is 24.6. The van der Waals surface area contributed by atoms with E-state index >= 15 is 0 Å². The summed E-state index contributed by atoms with van der Waals surface area (Å²) in [6.07, 6.45) is 0.833. The normalized spacial score (nSPS) is 12.7. The summed E-state index contributed by atoms with van der Waals surface area (Å²) in [7, 11) is 0. The van der Waals surface area contributed by atoms with Crippen molar-refractivity contribution in [2.24, 2.45) is 0 Å². The minimum absolute atomic E-state index is 0. The summed E-state index contributed by atoms with van der Waals surface area (Å²) in [6.45, 7) is 3.97. The van der Waals surface area contributed by atoms with E-state index in [-0.39, 0.29) is 30.8 Å². The van der Waals surface area contributed by atoms with Crippen LogP contribution in [-0.2, 0) is 0 Å². The summed E-state index contributed by atoms with van der Waals surface area (Å²) < 4.78 is 7.21. The molecule has 0 aliphatic rings. The molecule has 29 heavy (non-hydrogen) atoms. The average Bonchev–Trinajstić information content (AvgIpc) is 3.25. The van der Waals surface area contributed by atoms with Gasteiger partial charge in [-0.25, -0.2) is 4.68 Å². The third-order valence-electron chi connectivity index (χ3n) is 4.36. The number of hydrogen-bond donors (Lipinski definition) is 2. The molecule has 0 saturated carbocycles. The largest absolute Gasteiger partial charge is 0.490 e. The number of nitrogens with one attached hydrogen (secondary N) is 1. The van der Waals surface area contributed by atoms with Crippen LogP contribution >= 0.6 is 12.4 Å². The number of carbonyl (C=O) groups excluding carboxylic acids is 1. The highest BCUT2D eigenvalue weighted by atomic mass is 35.5. The molecule has 3 rings (SSSR count). The van der Waals surface area contributed by atoms with Crippen molar-refractivity contribution in [1.82, 2.24) is 25.5 Å². The molecule has 2 N–H and O–H groups in total. The molecule has 0 saturated heterocycles. The summed E-state index contributed by atoms with van der Waals surface area (Å²) in [6, 6.07) is 14.9. The maximum absolute atomic E-state index is 11.6. The van der Waals surface area contributed by atoms with E-state index in [0.717, 1.165) is 11.3 Å². The van der Waals surface area contributed by atoms with Gasteiger partial charge in [0.25, 0.3) is 0 Å². The Bertz CT molecular complexity index is 903. The number of benzene rings is 2. The first kappa shape index (κ1) is 22.5. The molecule has 2 atom stereocenters. The maximum atomic E-state index is 11.6. The number of aromatic nitrogens is 4. The zero-order valence-corrected chi connectivity index (χ0v) is 17.0. The fraction of sp³-hybridized carbons (Fsp3) is 0.300. The van der Waals surface area contributed by atoms with Crippen molar-refractivity contribution in [2.75, 3.05) is 13.2 Å². The van der Waals surface area contributed by atoms with E-state index in [1.54, 1.807) is 28.9 Å². The predicted molar refractivity (Wildman–Crippen MR) is 111 cm³/mol. The molecule has 0 spiro atoms. The fourth-order valence-electron chi connectivity index (χ4n) is 2.75. The number of Topliss-reactive ketones (excluding diaryl/α,β-unsaturated/α-hetero) is 1. The zero-order valence-electron chi connectivity index (χ0n) is 16.2. The van der Waals surface area contributed by atoms with E-state index in [9.17, 15) is 9.90 Å². The number of para-hydroxylation sites is 1. The molecule has 0 aliphatic carbocycles. The maximum Gasteiger partial charge on any atom is 0.163 e. The molecule has 0 radical (unpaired) electrons. The molecule has 1 heterocycles. The van der Waals surface area contributed by atoms with Gasteiger partial charge < -0.3 is 15.2 Å². The van der Waals surface area contributed by atoms with Crippen molar-refractivity contribution in [3.8, 4) is 11.4 Å². The van der Waals surface area contributed by atoms with Crippen LogP contribution in [0, 0.1) is 0 Å². The number of tetrazole rings is 1. The van der Waals surface area contributed by atoms with Crippen LogP contribution < -0.4 is 10.1 Å². The van der Waals surface area contributed by atoms with Gasteiger partial charge in [-0.15, -0.1) is 17.5 Å². The Morgan fingerprint density at radius 1 is 1.21 bits per heavy atom. The van der Waals surface area contributed by atoms with Crippen LogP contribution in [0.15, 0.2) is 54.9 Å². The summed E-state index contributed by atoms with van der Waals surface area (Å²) in [5.74, 6) is 0.419. The number of nitrogens with zero attached hydrogens (tertiary/aromatic N) is 4. The molecule has 3 aromatic rings. The SMILES string of the molecule is CC(=O)c1ccccc1OCC(O)CNC(C)c1ccc(-n2cnnn2)cc1.Cl. The number of halogens is 1. The molecule has 1 aromatic heterocycles. The lowest BCUT2D eigenvalue weighted by Gasteiger charge is -2.18. The molecule has 0 aliphatic heterocycles. The highest BCUT2D eigenvalue weighted by Gasteiger charge is 2.12. The smallest absolute Gasteiger partial charge is 0.163 e. The van der Waals surface area contributed by atoms with Gasteiger partial charge in [0.2, 0.25) is 0 Å². The number of hydrogen-bond acceptors (Lipinski definition) is 7. The van der Waals surface area contributed by atoms with Gasteiger partial charge in [-0.3, -0.25) is 4.79 Å². The lowest BCUT2D eigenvalue weighted by molar-refractivity contribution is 0.0966. The van der Waals surface area contributed by atoms with Crippen molar-refractivity contribution in [3.63, 3.8) is 0 Å². The standard InChI is InChI=1S/C20H23N5O3.ClH/c1-14(16-7-9-17(10-8-16)25-13-22-23-24-25)21-11-18(27)12-28-20-6-4-3-5-19(20)15(2)26;/h3-10,13-14,18,21,27H,11-12H2,1-2H3;1H. The van der Waals surface area contributed by atoms with E-state index < -0.39 is 6.10 Å². The van der Waals surface area contributed by atoms with Gasteiger partial charge in [-0.2, -0.15) is 0 Å². The quantitative estimate of drug-likeness (QED) is 0.515. The molecule has 0 bridgehead atoms. The number of ketones is 1. The Balaban J connectivity index is 0.00000300. The predicted octanol–water partition coefficient (Wildman–Crippen LogP) is 2.38. The molecule has 2 unspecified atom stereocenters. The molecular formula is C20H24ClN5O3. The molecule has 0 amide bonds. The first-order valence-electron chi connectivity index (χ1n) is 9.02. The van der Waals surface area contributed by atoms with Gasteiger partial charge in [0.05, 0.1) is 11.3 Å². The van der Waals surface area contributed by atoms with Crippen molar-refractivity contribution in [1.29, 1.82) is 0 Å². The lowest BCUT2D eigenvalue weighted by Crippen LogP contribution is -2.33. The van der Waals surface area contributed by atoms with Gasteiger partial charge in [0.1, 0.15) is 24.8 Å². The van der Waals surface area contributed by atoms with Gasteiger partial charge in [-0.1, -0.05) is 24.3 Å². The van der Waals surface area contributed by atoms with Crippen LogP contribution in [0.4, 0.5) is 0 Å². The van der Waals surface area contributed by atoms with Crippen LogP contribution in [-0.4, -0.2) is 50.4 Å². The van der Waals surface area contributed by atoms with E-state index in [1.807, 2.05) is 31.2 Å². The number of ether oxygens (including phenoxy) is 1. The molecule has 9 heteroatoms. The Hall–Kier alpha value is -2.81. The van der Waals surface area contributed by atoms with Gasteiger partial charge >= 0.3 is 0 Å². The van der Waals surface area contributed by atoms with E-state index in [2.05, 4.69) is 20.8 Å². The van der Waals surface area contributed by atoms with E-state index in [0.29, 0.717) is 17.9 Å². The van der Waals surface area contributed by atoms with Crippen LogP contribution in [0.1, 0.15) is 35.8 Å². The molecular weight excluding hydrogens is 394 g/mol. The van der Waals surface area contributed by atoms with Gasteiger partial charge in [-0.05, 0) is 54.1 Å². The zero-order chi connectivity index (χ0) is 19.9. The third-order valence-corrected chi connectivity index (χ3v) is 4.36. The first-order valence-corrected chi connectivity index (χ1v) is 9.02. The second-order valence-electron chi connectivity index (χ2n) is 6.49. The topological polar surface area (TPSA) is 102 Å². The third kappa shape index (κ3) is 6.08. The summed E-state index contributed by atoms with van der Waals surface area (Å²) in [4.78, 5) is 11.6. The Morgan fingerprint density at radius 2 is 1.93 bits per heavy atom. The van der Waals surface area contributed by atoms with E-state index in [4.69, 9.17) is 4.74 Å².